The minimum absolute atomic E-state index is 0.314. The Morgan fingerprint density at radius 1 is 0.471 bits per heavy atom. The Kier molecular flexibility index (Phi) is 5.92. The van der Waals surface area contributed by atoms with Gasteiger partial charge in [0.05, 0.1) is 11.4 Å². The number of para-hydroxylation sites is 1. The quantitative estimate of drug-likeness (QED) is 0.260. The van der Waals surface area contributed by atoms with Crippen molar-refractivity contribution in [2.24, 2.45) is 0 Å². The molecule has 0 saturated heterocycles. The molecule has 5 aromatic rings. The van der Waals surface area contributed by atoms with Gasteiger partial charge >= 0.3 is 0 Å². The first-order valence-electron chi connectivity index (χ1n) is 11.1. The van der Waals surface area contributed by atoms with Crippen molar-refractivity contribution in [3.63, 3.8) is 0 Å². The first-order valence-corrected chi connectivity index (χ1v) is 11.1. The predicted molar refractivity (Wildman–Crippen MR) is 137 cm³/mol. The van der Waals surface area contributed by atoms with Crippen LogP contribution in [-0.2, 0) is 0 Å². The van der Waals surface area contributed by atoms with Crippen molar-refractivity contribution in [1.29, 1.82) is 0 Å². The van der Waals surface area contributed by atoms with Gasteiger partial charge in [-0.2, -0.15) is 0 Å². The standard InChI is InChI=1S/C31H23F2N/c1-34(29-15-9-8-14-28(29)32)30-21-26(23-12-6-3-7-13-23)20-27(31(30)33)25-18-16-24(17-19-25)22-10-4-2-5-11-22/h2-21H,1H3. The number of anilines is 2. The maximum absolute atomic E-state index is 16.0. The van der Waals surface area contributed by atoms with Gasteiger partial charge in [-0.1, -0.05) is 97.1 Å². The molecule has 0 fully saturated rings. The number of hydrogen-bond donors (Lipinski definition) is 0. The molecule has 0 amide bonds. The van der Waals surface area contributed by atoms with Gasteiger partial charge < -0.3 is 4.90 Å². The normalized spacial score (nSPS) is 10.8. The van der Waals surface area contributed by atoms with Crippen LogP contribution in [0.4, 0.5) is 20.2 Å². The molecular formula is C31H23F2N. The van der Waals surface area contributed by atoms with Gasteiger partial charge in [-0.25, -0.2) is 8.78 Å². The summed E-state index contributed by atoms with van der Waals surface area (Å²) in [6.07, 6.45) is 0. The summed E-state index contributed by atoms with van der Waals surface area (Å²) >= 11 is 0. The van der Waals surface area contributed by atoms with E-state index in [-0.39, 0.29) is 0 Å². The third-order valence-corrected chi connectivity index (χ3v) is 6.04. The highest BCUT2D eigenvalue weighted by Gasteiger charge is 2.19. The molecule has 3 heteroatoms. The van der Waals surface area contributed by atoms with Crippen molar-refractivity contribution in [1.82, 2.24) is 0 Å². The lowest BCUT2D eigenvalue weighted by atomic mass is 9.95. The zero-order valence-electron chi connectivity index (χ0n) is 18.8. The molecule has 0 unspecified atom stereocenters. The number of rotatable bonds is 5. The summed E-state index contributed by atoms with van der Waals surface area (Å²) in [5.41, 5.74) is 5.86. The molecule has 0 saturated carbocycles. The van der Waals surface area contributed by atoms with Crippen molar-refractivity contribution in [3.05, 3.63) is 133 Å². The minimum Gasteiger partial charge on any atom is -0.340 e. The first-order chi connectivity index (χ1) is 16.6. The highest BCUT2D eigenvalue weighted by atomic mass is 19.1. The second-order valence-electron chi connectivity index (χ2n) is 8.18. The van der Waals surface area contributed by atoms with E-state index in [9.17, 15) is 4.39 Å². The summed E-state index contributed by atoms with van der Waals surface area (Å²) in [7, 11) is 1.69. The van der Waals surface area contributed by atoms with E-state index in [2.05, 4.69) is 0 Å². The first kappa shape index (κ1) is 21.6. The molecule has 0 heterocycles. The highest BCUT2D eigenvalue weighted by molar-refractivity contribution is 5.82. The molecule has 0 aliphatic rings. The van der Waals surface area contributed by atoms with Crippen LogP contribution < -0.4 is 4.90 Å². The molecule has 0 atom stereocenters. The van der Waals surface area contributed by atoms with E-state index in [1.165, 1.54) is 6.07 Å². The fourth-order valence-corrected chi connectivity index (χ4v) is 4.19. The van der Waals surface area contributed by atoms with Crippen LogP contribution in [0.1, 0.15) is 0 Å². The van der Waals surface area contributed by atoms with Crippen LogP contribution in [0, 0.1) is 11.6 Å². The van der Waals surface area contributed by atoms with Gasteiger partial charge in [0.15, 0.2) is 5.82 Å². The van der Waals surface area contributed by atoms with Gasteiger partial charge in [0.1, 0.15) is 5.82 Å². The molecule has 0 N–H and O–H groups in total. The average molecular weight is 448 g/mol. The van der Waals surface area contributed by atoms with Gasteiger partial charge in [0.25, 0.3) is 0 Å². The Morgan fingerprint density at radius 3 is 1.59 bits per heavy atom. The topological polar surface area (TPSA) is 3.24 Å². The zero-order chi connectivity index (χ0) is 23.5. The van der Waals surface area contributed by atoms with Crippen molar-refractivity contribution >= 4 is 11.4 Å². The van der Waals surface area contributed by atoms with Crippen molar-refractivity contribution in [2.75, 3.05) is 11.9 Å². The second kappa shape index (κ2) is 9.32. The van der Waals surface area contributed by atoms with Crippen LogP contribution in [0.2, 0.25) is 0 Å². The van der Waals surface area contributed by atoms with Crippen LogP contribution in [0.25, 0.3) is 33.4 Å². The third-order valence-electron chi connectivity index (χ3n) is 6.04. The lowest BCUT2D eigenvalue weighted by Crippen LogP contribution is -2.13. The highest BCUT2D eigenvalue weighted by Crippen LogP contribution is 2.38. The van der Waals surface area contributed by atoms with Crippen LogP contribution in [0.15, 0.2) is 121 Å². The molecule has 1 nitrogen and oxygen atoms in total. The Bertz CT molecular complexity index is 1410. The second-order valence-corrected chi connectivity index (χ2v) is 8.18. The predicted octanol–water partition coefficient (Wildman–Crippen LogP) is 8.73. The zero-order valence-corrected chi connectivity index (χ0v) is 18.8. The summed E-state index contributed by atoms with van der Waals surface area (Å²) in [6.45, 7) is 0. The molecule has 0 aliphatic heterocycles. The molecular weight excluding hydrogens is 424 g/mol. The van der Waals surface area contributed by atoms with Gasteiger partial charge in [-0.15, -0.1) is 0 Å². The molecule has 0 bridgehead atoms. The van der Waals surface area contributed by atoms with Crippen LogP contribution in [0.3, 0.4) is 0 Å². The Labute approximate surface area is 198 Å². The maximum Gasteiger partial charge on any atom is 0.154 e. The molecule has 5 aromatic carbocycles. The Morgan fingerprint density at radius 2 is 0.971 bits per heavy atom. The number of nitrogens with zero attached hydrogens (tertiary/aromatic N) is 1. The van der Waals surface area contributed by atoms with Crippen molar-refractivity contribution in [2.45, 2.75) is 0 Å². The molecule has 0 spiro atoms. The number of hydrogen-bond acceptors (Lipinski definition) is 1. The fraction of sp³-hybridized carbons (Fsp3) is 0.0323. The maximum atomic E-state index is 16.0. The van der Waals surface area contributed by atoms with E-state index in [1.807, 2.05) is 91.0 Å². The lowest BCUT2D eigenvalue weighted by Gasteiger charge is -2.23. The van der Waals surface area contributed by atoms with Crippen LogP contribution in [-0.4, -0.2) is 7.05 Å². The molecule has 0 aliphatic carbocycles. The average Bonchev–Trinajstić information content (AvgIpc) is 2.90. The van der Waals surface area contributed by atoms with Gasteiger partial charge in [-0.05, 0) is 52.1 Å². The van der Waals surface area contributed by atoms with E-state index >= 15 is 4.39 Å². The molecule has 0 aromatic heterocycles. The number of benzene rings is 5. The Hall–Kier alpha value is -4.24. The van der Waals surface area contributed by atoms with Crippen molar-refractivity contribution < 1.29 is 8.78 Å². The third kappa shape index (κ3) is 4.20. The van der Waals surface area contributed by atoms with Crippen LogP contribution in [0.5, 0.6) is 0 Å². The molecule has 34 heavy (non-hydrogen) atoms. The van der Waals surface area contributed by atoms with Gasteiger partial charge in [0.2, 0.25) is 0 Å². The summed E-state index contributed by atoms with van der Waals surface area (Å²) in [5, 5.41) is 0. The van der Waals surface area contributed by atoms with E-state index in [0.29, 0.717) is 16.9 Å². The lowest BCUT2D eigenvalue weighted by molar-refractivity contribution is 0.619. The Balaban J connectivity index is 1.65. The van der Waals surface area contributed by atoms with E-state index in [4.69, 9.17) is 0 Å². The minimum atomic E-state index is -0.400. The van der Waals surface area contributed by atoms with Gasteiger partial charge in [0, 0.05) is 12.6 Å². The monoisotopic (exact) mass is 447 g/mol. The smallest absolute Gasteiger partial charge is 0.154 e. The summed E-state index contributed by atoms with van der Waals surface area (Å²) < 4.78 is 30.5. The van der Waals surface area contributed by atoms with E-state index in [0.717, 1.165) is 27.8 Å². The largest absolute Gasteiger partial charge is 0.340 e. The summed E-state index contributed by atoms with van der Waals surface area (Å²) in [4.78, 5) is 1.57. The fourth-order valence-electron chi connectivity index (χ4n) is 4.19. The van der Waals surface area contributed by atoms with E-state index in [1.54, 1.807) is 36.2 Å². The summed E-state index contributed by atoms with van der Waals surface area (Å²) in [5.74, 6) is -0.791. The molecule has 166 valence electrons. The van der Waals surface area contributed by atoms with Crippen LogP contribution >= 0.6 is 0 Å². The summed E-state index contributed by atoms with van der Waals surface area (Å²) in [6, 6.07) is 37.8. The number of halogens is 2. The molecule has 5 rings (SSSR count). The van der Waals surface area contributed by atoms with Gasteiger partial charge in [-0.3, -0.25) is 0 Å². The molecule has 0 radical (unpaired) electrons. The van der Waals surface area contributed by atoms with E-state index < -0.39 is 11.6 Å². The van der Waals surface area contributed by atoms with Crippen molar-refractivity contribution in [3.8, 4) is 33.4 Å². The SMILES string of the molecule is CN(c1ccccc1F)c1cc(-c2ccccc2)cc(-c2ccc(-c3ccccc3)cc2)c1F.